The summed E-state index contributed by atoms with van der Waals surface area (Å²) < 4.78 is 38.4. The van der Waals surface area contributed by atoms with Crippen LogP contribution in [0.3, 0.4) is 0 Å². The maximum atomic E-state index is 13.8. The summed E-state index contributed by atoms with van der Waals surface area (Å²) >= 11 is 0. The van der Waals surface area contributed by atoms with Gasteiger partial charge in [-0.1, -0.05) is 19.1 Å². The summed E-state index contributed by atoms with van der Waals surface area (Å²) in [6, 6.07) is 7.08. The Bertz CT molecular complexity index is 1130. The number of nitrogens with one attached hydrogen (secondary N) is 1. The van der Waals surface area contributed by atoms with Gasteiger partial charge in [-0.25, -0.2) is 9.97 Å². The van der Waals surface area contributed by atoms with Gasteiger partial charge in [0.25, 0.3) is 5.91 Å². The molecule has 5 rings (SSSR count). The van der Waals surface area contributed by atoms with Gasteiger partial charge >= 0.3 is 6.18 Å². The first-order valence-electron chi connectivity index (χ1n) is 10.8. The molecule has 2 bridgehead atoms. The molecule has 2 fully saturated rings. The van der Waals surface area contributed by atoms with Crippen molar-refractivity contribution < 1.29 is 18.0 Å². The van der Waals surface area contributed by atoms with Crippen LogP contribution in [-0.2, 0) is 6.18 Å². The molecule has 0 spiro atoms. The molecule has 1 aliphatic carbocycles. The second kappa shape index (κ2) is 8.13. The number of rotatable bonds is 5. The molecule has 1 N–H and O–H groups in total. The predicted molar refractivity (Wildman–Crippen MR) is 113 cm³/mol. The van der Waals surface area contributed by atoms with Crippen LogP contribution in [0.25, 0.3) is 5.69 Å². The van der Waals surface area contributed by atoms with E-state index in [4.69, 9.17) is 0 Å². The molecule has 2 aromatic heterocycles. The number of nitrogens with zero attached hydrogens (tertiary/aromatic N) is 6. The molecule has 33 heavy (non-hydrogen) atoms. The fraction of sp³-hybridized carbons (Fsp3) is 0.409. The van der Waals surface area contributed by atoms with Gasteiger partial charge in [-0.15, -0.1) is 0 Å². The fourth-order valence-corrected chi connectivity index (χ4v) is 5.18. The SMILES string of the molecule is CC[C@@H]1[C@H]2C[C@@H](Nc3cnc(C(F)(F)F)cn3)[C@H](C2)N1C(=O)c1ccccc1-n1nccn1. The van der Waals surface area contributed by atoms with E-state index in [9.17, 15) is 18.0 Å². The van der Waals surface area contributed by atoms with Crippen molar-refractivity contribution in [3.8, 4) is 5.69 Å². The van der Waals surface area contributed by atoms with Gasteiger partial charge in [0.05, 0.1) is 42.1 Å². The second-order valence-corrected chi connectivity index (χ2v) is 8.36. The molecule has 8 nitrogen and oxygen atoms in total. The molecule has 1 aliphatic heterocycles. The van der Waals surface area contributed by atoms with E-state index in [1.165, 1.54) is 4.80 Å². The number of fused-ring (bicyclic) bond motifs is 2. The topological polar surface area (TPSA) is 88.8 Å². The first kappa shape index (κ1) is 21.4. The van der Waals surface area contributed by atoms with Crippen molar-refractivity contribution in [2.75, 3.05) is 5.32 Å². The number of hydrogen-bond acceptors (Lipinski definition) is 6. The maximum absolute atomic E-state index is 13.8. The smallest absolute Gasteiger partial charge is 0.364 e. The van der Waals surface area contributed by atoms with Crippen LogP contribution in [0.1, 0.15) is 42.2 Å². The molecular formula is C22H22F3N7O. The van der Waals surface area contributed by atoms with Gasteiger partial charge in [-0.2, -0.15) is 28.2 Å². The van der Waals surface area contributed by atoms with E-state index >= 15 is 0 Å². The van der Waals surface area contributed by atoms with E-state index in [0.29, 0.717) is 17.2 Å². The Labute approximate surface area is 187 Å². The number of carbonyl (C=O) groups is 1. The predicted octanol–water partition coefficient (Wildman–Crippen LogP) is 3.57. The minimum absolute atomic E-state index is 0.0953. The number of alkyl halides is 3. The van der Waals surface area contributed by atoms with Gasteiger partial charge in [0.2, 0.25) is 0 Å². The van der Waals surface area contributed by atoms with Crippen molar-refractivity contribution >= 4 is 11.7 Å². The normalized spacial score (nSPS) is 24.3. The minimum atomic E-state index is -4.54. The number of hydrogen-bond donors (Lipinski definition) is 1. The lowest BCUT2D eigenvalue weighted by Gasteiger charge is -2.40. The summed E-state index contributed by atoms with van der Waals surface area (Å²) in [5, 5.41) is 11.5. The Morgan fingerprint density at radius 2 is 1.88 bits per heavy atom. The van der Waals surface area contributed by atoms with Crippen molar-refractivity contribution in [2.24, 2.45) is 5.92 Å². The molecule has 1 aromatic carbocycles. The van der Waals surface area contributed by atoms with Gasteiger partial charge < -0.3 is 10.2 Å². The van der Waals surface area contributed by atoms with Crippen molar-refractivity contribution in [3.05, 3.63) is 60.3 Å². The number of aromatic nitrogens is 5. The third kappa shape index (κ3) is 3.81. The summed E-state index contributed by atoms with van der Waals surface area (Å²) in [5.74, 6) is 0.466. The zero-order valence-electron chi connectivity index (χ0n) is 17.8. The number of carbonyl (C=O) groups excluding carboxylic acids is 1. The highest BCUT2D eigenvalue weighted by Crippen LogP contribution is 2.45. The van der Waals surface area contributed by atoms with Crippen molar-refractivity contribution in [1.82, 2.24) is 29.9 Å². The first-order chi connectivity index (χ1) is 15.9. The Morgan fingerprint density at radius 1 is 1.12 bits per heavy atom. The lowest BCUT2D eigenvalue weighted by atomic mass is 9.93. The lowest BCUT2D eigenvalue weighted by Crippen LogP contribution is -2.52. The number of piperidine rings is 1. The molecule has 1 amide bonds. The van der Waals surface area contributed by atoms with E-state index < -0.39 is 11.9 Å². The summed E-state index contributed by atoms with van der Waals surface area (Å²) in [6.45, 7) is 2.07. The van der Waals surface area contributed by atoms with Crippen molar-refractivity contribution in [1.29, 1.82) is 0 Å². The Hall–Kier alpha value is -3.50. The number of amides is 1. The molecule has 3 heterocycles. The lowest BCUT2D eigenvalue weighted by molar-refractivity contribution is -0.141. The zero-order chi connectivity index (χ0) is 23.2. The largest absolute Gasteiger partial charge is 0.434 e. The molecular weight excluding hydrogens is 435 g/mol. The standard InChI is InChI=1S/C22H22F3N7O/c1-2-16-13-9-15(30-20-12-26-19(11-27-20)22(23,24)25)18(10-13)31(16)21(33)14-5-3-4-6-17(14)32-28-7-8-29-32/h3-8,11-13,15-16,18H,2,9-10H2,1H3,(H,27,30)/t13-,15+,16+,18-/m0/s1. The van der Waals surface area contributed by atoms with Gasteiger partial charge in [-0.3, -0.25) is 4.79 Å². The summed E-state index contributed by atoms with van der Waals surface area (Å²) in [4.78, 5) is 24.5. The van der Waals surface area contributed by atoms with Crippen molar-refractivity contribution in [3.63, 3.8) is 0 Å². The Morgan fingerprint density at radius 3 is 2.55 bits per heavy atom. The molecule has 4 atom stereocenters. The van der Waals surface area contributed by atoms with Gasteiger partial charge in [0, 0.05) is 12.1 Å². The highest BCUT2D eigenvalue weighted by Gasteiger charge is 2.52. The highest BCUT2D eigenvalue weighted by atomic mass is 19.4. The summed E-state index contributed by atoms with van der Waals surface area (Å²) in [7, 11) is 0. The van der Waals surface area contributed by atoms with Crippen molar-refractivity contribution in [2.45, 2.75) is 50.5 Å². The molecule has 1 saturated carbocycles. The van der Waals surface area contributed by atoms with Crippen LogP contribution in [0.15, 0.2) is 49.1 Å². The molecule has 0 unspecified atom stereocenters. The van der Waals surface area contributed by atoms with E-state index in [1.807, 2.05) is 17.0 Å². The molecule has 2 aliphatic rings. The van der Waals surface area contributed by atoms with Gasteiger partial charge in [0.15, 0.2) is 5.69 Å². The molecule has 0 radical (unpaired) electrons. The third-order valence-electron chi connectivity index (χ3n) is 6.52. The van der Waals surface area contributed by atoms with Crippen LogP contribution in [0.4, 0.5) is 19.0 Å². The minimum Gasteiger partial charge on any atom is -0.364 e. The van der Waals surface area contributed by atoms with Gasteiger partial charge in [0.1, 0.15) is 5.82 Å². The van der Waals surface area contributed by atoms with Gasteiger partial charge in [-0.05, 0) is 37.3 Å². The average molecular weight is 457 g/mol. The van der Waals surface area contributed by atoms with E-state index in [0.717, 1.165) is 31.7 Å². The fourth-order valence-electron chi connectivity index (χ4n) is 5.18. The average Bonchev–Trinajstić information content (AvgIpc) is 3.55. The van der Waals surface area contributed by atoms with Crippen LogP contribution < -0.4 is 5.32 Å². The molecule has 11 heteroatoms. The molecule has 1 saturated heterocycles. The highest BCUT2D eigenvalue weighted by molar-refractivity contribution is 5.98. The number of likely N-dealkylation sites (tertiary alicyclic amines) is 1. The summed E-state index contributed by atoms with van der Waals surface area (Å²) in [6.07, 6.45) is 2.86. The number of benzene rings is 1. The quantitative estimate of drug-likeness (QED) is 0.630. The van der Waals surface area contributed by atoms with E-state index in [1.54, 1.807) is 24.5 Å². The number of para-hydroxylation sites is 1. The molecule has 172 valence electrons. The van der Waals surface area contributed by atoms with Crippen LogP contribution >= 0.6 is 0 Å². The Kier molecular flexibility index (Phi) is 5.26. The summed E-state index contributed by atoms with van der Waals surface area (Å²) in [5.41, 5.74) is 0.0729. The van der Waals surface area contributed by atoms with Crippen LogP contribution in [0.5, 0.6) is 0 Å². The Balaban J connectivity index is 1.40. The van der Waals surface area contributed by atoms with Crippen LogP contribution in [-0.4, -0.2) is 53.9 Å². The first-order valence-corrected chi connectivity index (χ1v) is 10.8. The van der Waals surface area contributed by atoms with E-state index in [2.05, 4.69) is 32.4 Å². The van der Waals surface area contributed by atoms with Crippen LogP contribution in [0, 0.1) is 5.92 Å². The van der Waals surface area contributed by atoms with E-state index in [-0.39, 0.29) is 29.9 Å². The monoisotopic (exact) mass is 457 g/mol. The zero-order valence-corrected chi connectivity index (χ0v) is 17.8. The number of halogens is 3. The second-order valence-electron chi connectivity index (χ2n) is 8.36. The third-order valence-corrected chi connectivity index (χ3v) is 6.52. The van der Waals surface area contributed by atoms with Crippen LogP contribution in [0.2, 0.25) is 0 Å². The molecule has 3 aromatic rings. The number of anilines is 1. The maximum Gasteiger partial charge on any atom is 0.434 e.